The van der Waals surface area contributed by atoms with Gasteiger partial charge >= 0.3 is 0 Å². The molecule has 0 atom stereocenters. The summed E-state index contributed by atoms with van der Waals surface area (Å²) in [4.78, 5) is 8.47. The van der Waals surface area contributed by atoms with Gasteiger partial charge < -0.3 is 15.2 Å². The monoisotopic (exact) mass is 307 g/mol. The Morgan fingerprint density at radius 2 is 2.05 bits per heavy atom. The van der Waals surface area contributed by atoms with Crippen molar-refractivity contribution in [3.05, 3.63) is 11.7 Å². The minimum atomic E-state index is 0.423. The molecule has 0 bridgehead atoms. The maximum absolute atomic E-state index is 5.10. The van der Waals surface area contributed by atoms with E-state index in [0.717, 1.165) is 18.4 Å². The van der Waals surface area contributed by atoms with E-state index in [1.165, 1.54) is 32.1 Å². The van der Waals surface area contributed by atoms with Crippen LogP contribution in [-0.2, 0) is 6.54 Å². The molecule has 1 aromatic heterocycles. The van der Waals surface area contributed by atoms with Crippen molar-refractivity contribution in [2.24, 2.45) is 16.3 Å². The molecule has 0 aliphatic heterocycles. The molecule has 2 rings (SSSR count). The lowest BCUT2D eigenvalue weighted by atomic mass is 9.78. The lowest BCUT2D eigenvalue weighted by Crippen LogP contribution is -2.43. The van der Waals surface area contributed by atoms with E-state index in [-0.39, 0.29) is 0 Å². The molecule has 1 saturated carbocycles. The zero-order valence-electron chi connectivity index (χ0n) is 14.3. The molecule has 1 aliphatic rings. The summed E-state index contributed by atoms with van der Waals surface area (Å²) in [7, 11) is 1.79. The first-order valence-corrected chi connectivity index (χ1v) is 8.27. The van der Waals surface area contributed by atoms with Crippen molar-refractivity contribution in [1.29, 1.82) is 0 Å². The lowest BCUT2D eigenvalue weighted by Gasteiger charge is -2.31. The predicted octanol–water partition coefficient (Wildman–Crippen LogP) is 2.65. The van der Waals surface area contributed by atoms with Gasteiger partial charge in [-0.15, -0.1) is 0 Å². The normalized spacial score (nSPS) is 18.0. The molecule has 6 heteroatoms. The van der Waals surface area contributed by atoms with E-state index >= 15 is 0 Å². The standard InChI is InChI=1S/C16H29N5O/c1-12(2)9-16(7-5-6-8-16)11-19-15(17-4)18-10-14-20-13(3)21-22-14/h12H,5-11H2,1-4H3,(H2,17,18,19). The van der Waals surface area contributed by atoms with Crippen LogP contribution in [0.5, 0.6) is 0 Å². The summed E-state index contributed by atoms with van der Waals surface area (Å²) < 4.78 is 5.10. The second-order valence-electron chi connectivity index (χ2n) is 6.82. The number of hydrogen-bond donors (Lipinski definition) is 2. The molecule has 22 heavy (non-hydrogen) atoms. The molecule has 0 amide bonds. The summed E-state index contributed by atoms with van der Waals surface area (Å²) in [5.74, 6) is 2.77. The number of aryl methyl sites for hydroxylation is 1. The Labute approximate surface area is 133 Å². The van der Waals surface area contributed by atoms with Crippen LogP contribution in [0.2, 0.25) is 0 Å². The molecule has 0 aromatic carbocycles. The van der Waals surface area contributed by atoms with E-state index in [9.17, 15) is 0 Å². The first kappa shape index (κ1) is 16.8. The van der Waals surface area contributed by atoms with E-state index in [1.54, 1.807) is 7.05 Å². The molecule has 0 saturated heterocycles. The molecule has 1 heterocycles. The molecular formula is C16H29N5O. The van der Waals surface area contributed by atoms with Gasteiger partial charge in [0.25, 0.3) is 0 Å². The highest BCUT2D eigenvalue weighted by atomic mass is 16.5. The Kier molecular flexibility index (Phi) is 5.80. The molecule has 124 valence electrons. The van der Waals surface area contributed by atoms with Crippen molar-refractivity contribution in [2.75, 3.05) is 13.6 Å². The molecule has 0 radical (unpaired) electrons. The van der Waals surface area contributed by atoms with E-state index in [1.807, 2.05) is 6.92 Å². The van der Waals surface area contributed by atoms with Crippen molar-refractivity contribution in [3.8, 4) is 0 Å². The number of aliphatic imine (C=N–C) groups is 1. The molecular weight excluding hydrogens is 278 g/mol. The summed E-state index contributed by atoms with van der Waals surface area (Å²) >= 11 is 0. The summed E-state index contributed by atoms with van der Waals surface area (Å²) in [6, 6.07) is 0. The van der Waals surface area contributed by atoms with E-state index < -0.39 is 0 Å². The van der Waals surface area contributed by atoms with Gasteiger partial charge in [0.15, 0.2) is 11.8 Å². The van der Waals surface area contributed by atoms with Crippen molar-refractivity contribution in [1.82, 2.24) is 20.8 Å². The molecule has 0 spiro atoms. The summed E-state index contributed by atoms with van der Waals surface area (Å²) in [6.07, 6.45) is 6.61. The van der Waals surface area contributed by atoms with Crippen molar-refractivity contribution >= 4 is 5.96 Å². The zero-order chi connectivity index (χ0) is 16.0. The Hall–Kier alpha value is -1.59. The second kappa shape index (κ2) is 7.61. The number of aromatic nitrogens is 2. The smallest absolute Gasteiger partial charge is 0.246 e. The average Bonchev–Trinajstić information content (AvgIpc) is 3.08. The first-order chi connectivity index (χ1) is 10.5. The van der Waals surface area contributed by atoms with Gasteiger partial charge in [0.2, 0.25) is 5.89 Å². The lowest BCUT2D eigenvalue weighted by molar-refractivity contribution is 0.234. The maximum atomic E-state index is 5.10. The zero-order valence-corrected chi connectivity index (χ0v) is 14.3. The predicted molar refractivity (Wildman–Crippen MR) is 87.6 cm³/mol. The number of rotatable bonds is 6. The third-order valence-corrected chi connectivity index (χ3v) is 4.34. The van der Waals surface area contributed by atoms with E-state index in [0.29, 0.717) is 23.7 Å². The third kappa shape index (κ3) is 4.71. The quantitative estimate of drug-likeness (QED) is 0.624. The summed E-state index contributed by atoms with van der Waals surface area (Å²) in [6.45, 7) is 7.91. The highest BCUT2D eigenvalue weighted by Gasteiger charge is 2.34. The Morgan fingerprint density at radius 1 is 1.32 bits per heavy atom. The number of nitrogens with one attached hydrogen (secondary N) is 2. The largest absolute Gasteiger partial charge is 0.356 e. The minimum absolute atomic E-state index is 0.423. The van der Waals surface area contributed by atoms with Crippen LogP contribution in [0.4, 0.5) is 0 Å². The van der Waals surface area contributed by atoms with Crippen LogP contribution >= 0.6 is 0 Å². The second-order valence-corrected chi connectivity index (χ2v) is 6.82. The van der Waals surface area contributed by atoms with Crippen LogP contribution in [0.1, 0.15) is 57.7 Å². The van der Waals surface area contributed by atoms with Crippen LogP contribution in [0.15, 0.2) is 9.52 Å². The van der Waals surface area contributed by atoms with Gasteiger partial charge in [-0.3, -0.25) is 4.99 Å². The fourth-order valence-electron chi connectivity index (χ4n) is 3.51. The molecule has 2 N–H and O–H groups in total. The van der Waals surface area contributed by atoms with Crippen molar-refractivity contribution in [2.45, 2.75) is 59.4 Å². The molecule has 0 unspecified atom stereocenters. The average molecular weight is 307 g/mol. The van der Waals surface area contributed by atoms with Crippen LogP contribution in [-0.4, -0.2) is 29.7 Å². The fraction of sp³-hybridized carbons (Fsp3) is 0.812. The molecule has 6 nitrogen and oxygen atoms in total. The van der Waals surface area contributed by atoms with E-state index in [4.69, 9.17) is 4.52 Å². The maximum Gasteiger partial charge on any atom is 0.246 e. The summed E-state index contributed by atoms with van der Waals surface area (Å²) in [5.41, 5.74) is 0.423. The van der Waals surface area contributed by atoms with Gasteiger partial charge in [-0.2, -0.15) is 4.98 Å². The van der Waals surface area contributed by atoms with Crippen LogP contribution < -0.4 is 10.6 Å². The molecule has 1 aromatic rings. The molecule has 1 fully saturated rings. The number of nitrogens with zero attached hydrogens (tertiary/aromatic N) is 3. The third-order valence-electron chi connectivity index (χ3n) is 4.34. The summed E-state index contributed by atoms with van der Waals surface area (Å²) in [5, 5.41) is 10.5. The highest BCUT2D eigenvalue weighted by Crippen LogP contribution is 2.42. The first-order valence-electron chi connectivity index (χ1n) is 8.27. The fourth-order valence-corrected chi connectivity index (χ4v) is 3.51. The number of guanidine groups is 1. The van der Waals surface area contributed by atoms with Crippen LogP contribution in [0.3, 0.4) is 0 Å². The van der Waals surface area contributed by atoms with Gasteiger partial charge in [-0.05, 0) is 37.5 Å². The van der Waals surface area contributed by atoms with Crippen molar-refractivity contribution < 1.29 is 4.52 Å². The number of hydrogen-bond acceptors (Lipinski definition) is 4. The Bertz CT molecular complexity index is 488. The van der Waals surface area contributed by atoms with Gasteiger partial charge in [0.05, 0.1) is 6.54 Å². The van der Waals surface area contributed by atoms with E-state index in [2.05, 4.69) is 39.6 Å². The Morgan fingerprint density at radius 3 is 2.59 bits per heavy atom. The van der Waals surface area contributed by atoms with Crippen LogP contribution in [0.25, 0.3) is 0 Å². The molecule has 1 aliphatic carbocycles. The van der Waals surface area contributed by atoms with Crippen LogP contribution in [0, 0.1) is 18.3 Å². The SMILES string of the molecule is CN=C(NCc1nc(C)no1)NCC1(CC(C)C)CCCC1. The highest BCUT2D eigenvalue weighted by molar-refractivity contribution is 5.79. The topological polar surface area (TPSA) is 75.3 Å². The minimum Gasteiger partial charge on any atom is -0.356 e. The Balaban J connectivity index is 1.84. The van der Waals surface area contributed by atoms with Gasteiger partial charge in [-0.25, -0.2) is 0 Å². The van der Waals surface area contributed by atoms with Gasteiger partial charge in [0, 0.05) is 13.6 Å². The van der Waals surface area contributed by atoms with Crippen molar-refractivity contribution in [3.63, 3.8) is 0 Å². The van der Waals surface area contributed by atoms with Gasteiger partial charge in [-0.1, -0.05) is 31.8 Å². The van der Waals surface area contributed by atoms with Gasteiger partial charge in [0.1, 0.15) is 0 Å².